The number of aliphatic hydroxyl groups is 2. The van der Waals surface area contributed by atoms with Crippen LogP contribution < -0.4 is 9.47 Å². The summed E-state index contributed by atoms with van der Waals surface area (Å²) in [6.07, 6.45) is -1.01. The van der Waals surface area contributed by atoms with E-state index >= 15 is 0 Å². The lowest BCUT2D eigenvalue weighted by molar-refractivity contribution is 0.0531. The third kappa shape index (κ3) is 3.84. The Labute approximate surface area is 128 Å². The minimum atomic E-state index is -1.01. The Morgan fingerprint density at radius 3 is 2.55 bits per heavy atom. The van der Waals surface area contributed by atoms with E-state index in [2.05, 4.69) is 0 Å². The van der Waals surface area contributed by atoms with E-state index in [4.69, 9.17) is 14.6 Å². The molecule has 0 aliphatic carbocycles. The molecule has 0 spiro atoms. The van der Waals surface area contributed by atoms with Crippen LogP contribution in [0.25, 0.3) is 0 Å². The molecule has 0 bridgehead atoms. The predicted octanol–water partition coefficient (Wildman–Crippen LogP) is 1.66. The summed E-state index contributed by atoms with van der Waals surface area (Å²) in [4.78, 5) is 12.5. The van der Waals surface area contributed by atoms with E-state index in [1.54, 1.807) is 42.5 Å². The van der Waals surface area contributed by atoms with Gasteiger partial charge in [0.05, 0.1) is 19.3 Å². The highest BCUT2D eigenvalue weighted by molar-refractivity contribution is 6.10. The first kappa shape index (κ1) is 16.0. The van der Waals surface area contributed by atoms with Gasteiger partial charge >= 0.3 is 0 Å². The Kier molecular flexibility index (Phi) is 5.52. The number of hydrogen-bond acceptors (Lipinski definition) is 5. The third-order valence-electron chi connectivity index (χ3n) is 3.11. The summed E-state index contributed by atoms with van der Waals surface area (Å²) in [5.74, 6) is 0.663. The number of ether oxygens (including phenoxy) is 2. The number of rotatable bonds is 7. The number of carbonyl (C=O) groups excluding carboxylic acids is 1. The van der Waals surface area contributed by atoms with Gasteiger partial charge in [0, 0.05) is 11.6 Å². The van der Waals surface area contributed by atoms with E-state index in [1.165, 1.54) is 7.11 Å². The maximum atomic E-state index is 12.5. The van der Waals surface area contributed by atoms with Crippen molar-refractivity contribution in [3.05, 3.63) is 59.7 Å². The van der Waals surface area contributed by atoms with Gasteiger partial charge in [0.15, 0.2) is 5.78 Å². The van der Waals surface area contributed by atoms with Crippen molar-refractivity contribution in [1.82, 2.24) is 0 Å². The summed E-state index contributed by atoms with van der Waals surface area (Å²) in [7, 11) is 1.51. The number of carbonyl (C=O) groups is 1. The molecule has 2 aromatic rings. The number of hydrogen-bond donors (Lipinski definition) is 2. The van der Waals surface area contributed by atoms with Crippen molar-refractivity contribution in [2.24, 2.45) is 0 Å². The smallest absolute Gasteiger partial charge is 0.196 e. The predicted molar refractivity (Wildman–Crippen MR) is 81.5 cm³/mol. The molecule has 116 valence electrons. The fourth-order valence-electron chi connectivity index (χ4n) is 1.92. The maximum Gasteiger partial charge on any atom is 0.196 e. The van der Waals surface area contributed by atoms with Crippen LogP contribution in [0.4, 0.5) is 0 Å². The van der Waals surface area contributed by atoms with Gasteiger partial charge in [0.1, 0.15) is 24.2 Å². The van der Waals surface area contributed by atoms with E-state index < -0.39 is 12.7 Å². The Balaban J connectivity index is 2.31. The second kappa shape index (κ2) is 7.59. The fraction of sp³-hybridized carbons (Fsp3) is 0.235. The van der Waals surface area contributed by atoms with Crippen LogP contribution in [0.5, 0.6) is 11.5 Å². The minimum Gasteiger partial charge on any atom is -0.497 e. The molecule has 0 aromatic heterocycles. The lowest BCUT2D eigenvalue weighted by Crippen LogP contribution is -2.22. The van der Waals surface area contributed by atoms with E-state index in [9.17, 15) is 9.90 Å². The molecular formula is C17H18O5. The van der Waals surface area contributed by atoms with Crippen LogP contribution >= 0.6 is 0 Å². The number of aliphatic hydroxyl groups excluding tert-OH is 2. The van der Waals surface area contributed by atoms with Gasteiger partial charge in [0.25, 0.3) is 0 Å². The summed E-state index contributed by atoms with van der Waals surface area (Å²) in [5.41, 5.74) is 0.914. The van der Waals surface area contributed by atoms with Gasteiger partial charge in [-0.2, -0.15) is 0 Å². The lowest BCUT2D eigenvalue weighted by Gasteiger charge is -2.14. The van der Waals surface area contributed by atoms with E-state index in [0.717, 1.165) is 0 Å². The van der Waals surface area contributed by atoms with E-state index in [0.29, 0.717) is 22.6 Å². The van der Waals surface area contributed by atoms with Crippen molar-refractivity contribution in [2.45, 2.75) is 6.10 Å². The summed E-state index contributed by atoms with van der Waals surface area (Å²) in [5, 5.41) is 18.2. The summed E-state index contributed by atoms with van der Waals surface area (Å²) in [6, 6.07) is 13.7. The van der Waals surface area contributed by atoms with Gasteiger partial charge in [-0.05, 0) is 12.1 Å². The summed E-state index contributed by atoms with van der Waals surface area (Å²) >= 11 is 0. The minimum absolute atomic E-state index is 0.112. The molecule has 0 fully saturated rings. The Morgan fingerprint density at radius 1 is 1.18 bits per heavy atom. The van der Waals surface area contributed by atoms with Crippen LogP contribution in [-0.4, -0.2) is 42.4 Å². The summed E-state index contributed by atoms with van der Waals surface area (Å²) < 4.78 is 10.6. The first-order chi connectivity index (χ1) is 10.7. The van der Waals surface area contributed by atoms with Gasteiger partial charge in [0.2, 0.25) is 0 Å². The summed E-state index contributed by atoms with van der Waals surface area (Å²) in [6.45, 7) is -0.523. The largest absolute Gasteiger partial charge is 0.497 e. The van der Waals surface area contributed by atoms with E-state index in [1.807, 2.05) is 6.07 Å². The van der Waals surface area contributed by atoms with Crippen molar-refractivity contribution in [3.8, 4) is 11.5 Å². The van der Waals surface area contributed by atoms with Crippen molar-refractivity contribution in [3.63, 3.8) is 0 Å². The quantitative estimate of drug-likeness (QED) is 0.761. The Hall–Kier alpha value is -2.37. The van der Waals surface area contributed by atoms with Crippen LogP contribution in [0.2, 0.25) is 0 Å². The van der Waals surface area contributed by atoms with Crippen molar-refractivity contribution < 1.29 is 24.5 Å². The van der Waals surface area contributed by atoms with Crippen molar-refractivity contribution in [2.75, 3.05) is 20.3 Å². The molecule has 2 N–H and O–H groups in total. The highest BCUT2D eigenvalue weighted by atomic mass is 16.5. The lowest BCUT2D eigenvalue weighted by atomic mass is 10.0. The molecule has 2 aromatic carbocycles. The van der Waals surface area contributed by atoms with Gasteiger partial charge in [-0.25, -0.2) is 0 Å². The number of ketones is 1. The first-order valence-corrected chi connectivity index (χ1v) is 6.85. The van der Waals surface area contributed by atoms with E-state index in [-0.39, 0.29) is 12.4 Å². The molecule has 0 aliphatic rings. The van der Waals surface area contributed by atoms with Crippen molar-refractivity contribution in [1.29, 1.82) is 0 Å². The molecular weight excluding hydrogens is 284 g/mol. The molecule has 0 aliphatic heterocycles. The molecule has 0 saturated carbocycles. The number of methoxy groups -OCH3 is 1. The molecule has 1 atom stereocenters. The standard InChI is InChI=1S/C17H18O5/c1-21-14-7-8-15(16(9-14)22-11-13(19)10-18)17(20)12-5-3-2-4-6-12/h2-9,13,18-19H,10-11H2,1H3. The van der Waals surface area contributed by atoms with Crippen molar-refractivity contribution >= 4 is 5.78 Å². The average Bonchev–Trinajstić information content (AvgIpc) is 2.59. The molecule has 5 heteroatoms. The molecule has 1 unspecified atom stereocenters. The highest BCUT2D eigenvalue weighted by Gasteiger charge is 2.16. The molecule has 5 nitrogen and oxygen atoms in total. The van der Waals surface area contributed by atoms with Gasteiger partial charge < -0.3 is 19.7 Å². The fourth-order valence-corrected chi connectivity index (χ4v) is 1.92. The van der Waals surface area contributed by atoms with Crippen LogP contribution in [0, 0.1) is 0 Å². The normalized spacial score (nSPS) is 11.8. The number of benzene rings is 2. The van der Waals surface area contributed by atoms with Gasteiger partial charge in [-0.1, -0.05) is 30.3 Å². The first-order valence-electron chi connectivity index (χ1n) is 6.85. The zero-order valence-corrected chi connectivity index (χ0v) is 12.2. The Bertz CT molecular complexity index is 624. The average molecular weight is 302 g/mol. The molecule has 22 heavy (non-hydrogen) atoms. The molecule has 0 amide bonds. The van der Waals surface area contributed by atoms with Gasteiger partial charge in [-0.3, -0.25) is 4.79 Å². The van der Waals surface area contributed by atoms with Crippen LogP contribution in [-0.2, 0) is 0 Å². The van der Waals surface area contributed by atoms with Gasteiger partial charge in [-0.15, -0.1) is 0 Å². The zero-order valence-electron chi connectivity index (χ0n) is 12.2. The molecule has 0 radical (unpaired) electrons. The highest BCUT2D eigenvalue weighted by Crippen LogP contribution is 2.27. The second-order valence-corrected chi connectivity index (χ2v) is 4.70. The van der Waals surface area contributed by atoms with Crippen LogP contribution in [0.15, 0.2) is 48.5 Å². The Morgan fingerprint density at radius 2 is 1.91 bits per heavy atom. The second-order valence-electron chi connectivity index (χ2n) is 4.70. The third-order valence-corrected chi connectivity index (χ3v) is 3.11. The topological polar surface area (TPSA) is 76.0 Å². The molecule has 2 rings (SSSR count). The SMILES string of the molecule is COc1ccc(C(=O)c2ccccc2)c(OCC(O)CO)c1. The zero-order chi connectivity index (χ0) is 15.9. The van der Waals surface area contributed by atoms with Crippen LogP contribution in [0.3, 0.4) is 0 Å². The molecule has 0 heterocycles. The molecule has 0 saturated heterocycles. The monoisotopic (exact) mass is 302 g/mol. The maximum absolute atomic E-state index is 12.5. The van der Waals surface area contributed by atoms with Crippen LogP contribution in [0.1, 0.15) is 15.9 Å².